The molecule has 0 N–H and O–H groups in total. The molecule has 200 valence electrons. The molecule has 7 rings (SSSR count). The van der Waals surface area contributed by atoms with Gasteiger partial charge >= 0.3 is 29.6 Å². The molecule has 0 amide bonds. The van der Waals surface area contributed by atoms with Crippen LogP contribution in [-0.4, -0.2) is 23.6 Å². The van der Waals surface area contributed by atoms with E-state index in [1.165, 1.54) is 48.7 Å². The van der Waals surface area contributed by atoms with Gasteiger partial charge in [-0.1, -0.05) is 60.1 Å². The Morgan fingerprint density at radius 1 is 1.02 bits per heavy atom. The molecule has 0 atom stereocenters. The maximum absolute atomic E-state index is 15.7. The fourth-order valence-corrected chi connectivity index (χ4v) is 7.89. The number of carboxylic acids is 1. The number of fused-ring (bicyclic) bond motifs is 3. The van der Waals surface area contributed by atoms with E-state index in [-0.39, 0.29) is 50.8 Å². The van der Waals surface area contributed by atoms with Crippen LogP contribution in [0.25, 0.3) is 10.9 Å². The van der Waals surface area contributed by atoms with Crippen molar-refractivity contribution in [2.75, 3.05) is 18.0 Å². The number of hydrogen-bond acceptors (Lipinski definition) is 4. The van der Waals surface area contributed by atoms with Crippen LogP contribution in [-0.2, 0) is 12.0 Å². The number of carbonyl (C=O) groups is 1. The summed E-state index contributed by atoms with van der Waals surface area (Å²) in [4.78, 5) is 14.8. The van der Waals surface area contributed by atoms with Crippen LogP contribution in [0, 0.1) is 11.6 Å². The van der Waals surface area contributed by atoms with E-state index in [1.54, 1.807) is 12.1 Å². The molecule has 0 bridgehead atoms. The molecule has 2 heterocycles. The van der Waals surface area contributed by atoms with Crippen LogP contribution in [0.2, 0.25) is 5.02 Å². The van der Waals surface area contributed by atoms with Crippen molar-refractivity contribution in [1.29, 1.82) is 0 Å². The summed E-state index contributed by atoms with van der Waals surface area (Å²) in [6.07, 6.45) is 5.58. The van der Waals surface area contributed by atoms with Gasteiger partial charge in [0.05, 0.1) is 16.5 Å². The Kier molecular flexibility index (Phi) is 7.49. The number of halogens is 3. The van der Waals surface area contributed by atoms with Gasteiger partial charge in [-0.3, -0.25) is 0 Å². The number of carbonyl (C=O) groups excluding carboxylic acids is 1. The van der Waals surface area contributed by atoms with Gasteiger partial charge in [0, 0.05) is 63.1 Å². The molecule has 1 spiro atoms. The van der Waals surface area contributed by atoms with Crippen LogP contribution < -0.4 is 39.6 Å². The predicted octanol–water partition coefficient (Wildman–Crippen LogP) is 3.91. The van der Waals surface area contributed by atoms with Gasteiger partial charge in [-0.2, -0.15) is 0 Å². The molecule has 2 saturated carbocycles. The van der Waals surface area contributed by atoms with Crippen molar-refractivity contribution in [3.8, 4) is 0 Å². The molecule has 1 aromatic heterocycles. The quantitative estimate of drug-likeness (QED) is 0.308. The van der Waals surface area contributed by atoms with E-state index in [9.17, 15) is 9.90 Å². The first kappa shape index (κ1) is 28.1. The minimum atomic E-state index is -1.56. The van der Waals surface area contributed by atoms with Gasteiger partial charge in [0.15, 0.2) is 5.82 Å². The van der Waals surface area contributed by atoms with Gasteiger partial charge in [-0.25, -0.2) is 8.78 Å². The zero-order valence-electron chi connectivity index (χ0n) is 22.2. The number of hydrogen-bond donors (Lipinski definition) is 0. The first-order valence-electron chi connectivity index (χ1n) is 13.4. The van der Waals surface area contributed by atoms with Gasteiger partial charge in [-0.15, -0.1) is 0 Å². The number of carboxylic acid groups (broad SMARTS) is 1. The summed E-state index contributed by atoms with van der Waals surface area (Å²) >= 11 is 7.43. The molecule has 0 unspecified atom stereocenters. The second-order valence-corrected chi connectivity index (χ2v) is 12.4. The van der Waals surface area contributed by atoms with Crippen LogP contribution in [0.5, 0.6) is 0 Å². The van der Waals surface area contributed by atoms with Gasteiger partial charge in [0.25, 0.3) is 0 Å². The van der Waals surface area contributed by atoms with Gasteiger partial charge in [0.1, 0.15) is 5.82 Å². The molecule has 3 aliphatic rings. The van der Waals surface area contributed by atoms with E-state index in [0.29, 0.717) is 24.0 Å². The van der Waals surface area contributed by atoms with Gasteiger partial charge in [0.2, 0.25) is 0 Å². The summed E-state index contributed by atoms with van der Waals surface area (Å²) in [7, 11) is 0. The topological polar surface area (TPSA) is 48.3 Å². The molecule has 40 heavy (non-hydrogen) atoms. The predicted molar refractivity (Wildman–Crippen MR) is 148 cm³/mol. The van der Waals surface area contributed by atoms with E-state index >= 15 is 8.78 Å². The molecular formula is C31H26ClF2N2NaO2S. The standard InChI is InChI=1S/C31H27ClF2N2O2S.Na/c32-22-12-11-20-28(26(22)34)36(16-15-35-17-31(13-4-14-31)21-6-1-2-7-23(21)35)27(18-9-10-18)29(20)39-24-8-3-5-19(25(24)33)30(37)38;/h1-3,5-8,11-12,18H,4,9-10,13-17H2,(H,37,38);/q;+1/p-1. The summed E-state index contributed by atoms with van der Waals surface area (Å²) in [5.74, 6) is -2.65. The van der Waals surface area contributed by atoms with E-state index in [2.05, 4.69) is 29.2 Å². The molecule has 1 aliphatic heterocycles. The Labute approximate surface area is 263 Å². The smallest absolute Gasteiger partial charge is 0.545 e. The van der Waals surface area contributed by atoms with Crippen molar-refractivity contribution < 1.29 is 48.2 Å². The zero-order chi connectivity index (χ0) is 26.9. The molecule has 3 aromatic carbocycles. The summed E-state index contributed by atoms with van der Waals surface area (Å²) in [6.45, 7) is 2.25. The van der Waals surface area contributed by atoms with Crippen LogP contribution in [0.3, 0.4) is 0 Å². The van der Waals surface area contributed by atoms with E-state index < -0.39 is 23.2 Å². The van der Waals surface area contributed by atoms with Crippen molar-refractivity contribution in [2.45, 2.75) is 59.8 Å². The number of aromatic carboxylic acids is 1. The first-order chi connectivity index (χ1) is 18.9. The van der Waals surface area contributed by atoms with Gasteiger partial charge in [-0.05, 0) is 55.5 Å². The van der Waals surface area contributed by atoms with Crippen molar-refractivity contribution in [2.24, 2.45) is 0 Å². The normalized spacial score (nSPS) is 17.1. The summed E-state index contributed by atoms with van der Waals surface area (Å²) in [5, 5.41) is 12.2. The van der Waals surface area contributed by atoms with Gasteiger partial charge < -0.3 is 19.4 Å². The third-order valence-electron chi connectivity index (χ3n) is 8.68. The van der Waals surface area contributed by atoms with Crippen molar-refractivity contribution in [3.63, 3.8) is 0 Å². The molecule has 0 saturated heterocycles. The number of anilines is 1. The van der Waals surface area contributed by atoms with E-state index in [1.807, 2.05) is 4.57 Å². The number of aromatic nitrogens is 1. The van der Waals surface area contributed by atoms with Crippen LogP contribution >= 0.6 is 23.4 Å². The largest absolute Gasteiger partial charge is 1.00 e. The van der Waals surface area contributed by atoms with Crippen LogP contribution in [0.1, 0.15) is 59.6 Å². The fraction of sp³-hybridized carbons (Fsp3) is 0.323. The second kappa shape index (κ2) is 10.7. The number of rotatable bonds is 7. The summed E-state index contributed by atoms with van der Waals surface area (Å²) < 4.78 is 32.9. The number of benzene rings is 3. The second-order valence-electron chi connectivity index (χ2n) is 11.0. The van der Waals surface area contributed by atoms with Crippen LogP contribution in [0.15, 0.2) is 64.4 Å². The Bertz CT molecular complexity index is 1650. The Hall–Kier alpha value is -2.03. The molecular weight excluding hydrogens is 561 g/mol. The maximum atomic E-state index is 15.7. The third-order valence-corrected chi connectivity index (χ3v) is 10.1. The van der Waals surface area contributed by atoms with E-state index in [0.717, 1.165) is 41.7 Å². The zero-order valence-corrected chi connectivity index (χ0v) is 25.8. The maximum Gasteiger partial charge on any atom is 1.00 e. The number of nitrogens with zero attached hydrogens (tertiary/aromatic N) is 2. The summed E-state index contributed by atoms with van der Waals surface area (Å²) in [5.41, 5.74) is 3.82. The summed E-state index contributed by atoms with van der Waals surface area (Å²) in [6, 6.07) is 16.2. The molecule has 2 aliphatic carbocycles. The molecule has 4 aromatic rings. The van der Waals surface area contributed by atoms with E-state index in [4.69, 9.17) is 11.6 Å². The van der Waals surface area contributed by atoms with Crippen molar-refractivity contribution in [3.05, 3.63) is 88.1 Å². The Balaban J connectivity index is 0.00000289. The average Bonchev–Trinajstić information content (AvgIpc) is 3.61. The molecule has 2 fully saturated rings. The monoisotopic (exact) mass is 586 g/mol. The number of para-hydroxylation sites is 1. The average molecular weight is 587 g/mol. The third kappa shape index (κ3) is 4.49. The van der Waals surface area contributed by atoms with Crippen molar-refractivity contribution in [1.82, 2.24) is 4.57 Å². The fourth-order valence-electron chi connectivity index (χ4n) is 6.51. The first-order valence-corrected chi connectivity index (χ1v) is 14.6. The Morgan fingerprint density at radius 3 is 2.50 bits per heavy atom. The van der Waals surface area contributed by atoms with Crippen molar-refractivity contribution >= 4 is 45.9 Å². The molecule has 4 nitrogen and oxygen atoms in total. The van der Waals surface area contributed by atoms with Crippen LogP contribution in [0.4, 0.5) is 14.5 Å². The minimum absolute atomic E-state index is 0. The molecule has 0 radical (unpaired) electrons. The SMILES string of the molecule is O=C([O-])c1cccc(Sc2c(C3CC3)n(CCN3CC4(CCC4)c4ccccc43)c3c(F)c(Cl)ccc23)c1F.[Na+]. The minimum Gasteiger partial charge on any atom is -0.545 e. The molecule has 9 heteroatoms. The Morgan fingerprint density at radius 2 is 1.80 bits per heavy atom.